The van der Waals surface area contributed by atoms with Crippen LogP contribution in [-0.2, 0) is 4.79 Å². The molecule has 0 spiro atoms. The van der Waals surface area contributed by atoms with E-state index < -0.39 is 5.63 Å². The van der Waals surface area contributed by atoms with E-state index in [0.717, 1.165) is 10.9 Å². The summed E-state index contributed by atoms with van der Waals surface area (Å²) in [5.74, 6) is -0.278. The Bertz CT molecular complexity index is 760. The second-order valence-corrected chi connectivity index (χ2v) is 4.56. The number of nitrogens with zero attached hydrogens (tertiary/aromatic N) is 1. The maximum Gasteiger partial charge on any atom is 0.336 e. The van der Waals surface area contributed by atoms with Gasteiger partial charge in [0.2, 0.25) is 5.91 Å². The molecular formula is C14H16N4O3. The zero-order valence-corrected chi connectivity index (χ0v) is 11.6. The maximum absolute atomic E-state index is 11.7. The van der Waals surface area contributed by atoms with E-state index >= 15 is 0 Å². The summed E-state index contributed by atoms with van der Waals surface area (Å²) in [4.78, 5) is 26.8. The van der Waals surface area contributed by atoms with Crippen LogP contribution in [0.2, 0.25) is 0 Å². The van der Waals surface area contributed by atoms with Gasteiger partial charge in [-0.05, 0) is 24.6 Å². The van der Waals surface area contributed by atoms with Gasteiger partial charge in [-0.2, -0.15) is 0 Å². The Balaban J connectivity index is 2.14. The highest BCUT2D eigenvalue weighted by atomic mass is 16.4. The number of aryl methyl sites for hydroxylation is 1. The summed E-state index contributed by atoms with van der Waals surface area (Å²) >= 11 is 0. The minimum atomic E-state index is -0.420. The van der Waals surface area contributed by atoms with Crippen molar-refractivity contribution in [3.05, 3.63) is 40.2 Å². The molecule has 5 N–H and O–H groups in total. The third kappa shape index (κ3) is 3.82. The number of carbonyl (C=O) groups excluding carboxylic acids is 1. The molecule has 0 aliphatic carbocycles. The van der Waals surface area contributed by atoms with Crippen molar-refractivity contribution in [3.63, 3.8) is 0 Å². The molecule has 0 saturated heterocycles. The van der Waals surface area contributed by atoms with Gasteiger partial charge in [0.25, 0.3) is 0 Å². The topological polar surface area (TPSA) is 124 Å². The van der Waals surface area contributed by atoms with Crippen LogP contribution >= 0.6 is 0 Å². The van der Waals surface area contributed by atoms with Crippen LogP contribution in [0.25, 0.3) is 11.0 Å². The van der Waals surface area contributed by atoms with Gasteiger partial charge in [0.05, 0.1) is 6.54 Å². The fraction of sp³-hybridized carbons (Fsp3) is 0.214. The second kappa shape index (κ2) is 6.08. The molecule has 0 aliphatic rings. The summed E-state index contributed by atoms with van der Waals surface area (Å²) in [5, 5.41) is 3.52. The first-order valence-corrected chi connectivity index (χ1v) is 6.35. The van der Waals surface area contributed by atoms with E-state index in [9.17, 15) is 9.59 Å². The number of carbonyl (C=O) groups is 1. The first-order valence-electron chi connectivity index (χ1n) is 6.35. The van der Waals surface area contributed by atoms with Crippen LogP contribution in [0, 0.1) is 6.92 Å². The Labute approximate surface area is 120 Å². The molecule has 21 heavy (non-hydrogen) atoms. The highest BCUT2D eigenvalue weighted by Gasteiger charge is 2.06. The number of hydrogen-bond donors (Lipinski definition) is 3. The number of anilines is 1. The third-order valence-electron chi connectivity index (χ3n) is 2.87. The molecule has 2 aromatic rings. The third-order valence-corrected chi connectivity index (χ3v) is 2.87. The average molecular weight is 288 g/mol. The molecule has 7 nitrogen and oxygen atoms in total. The Morgan fingerprint density at radius 2 is 2.10 bits per heavy atom. The van der Waals surface area contributed by atoms with Gasteiger partial charge < -0.3 is 21.2 Å². The normalized spacial score (nSPS) is 10.3. The summed E-state index contributed by atoms with van der Waals surface area (Å²) in [5.41, 5.74) is 11.7. The number of nitrogens with two attached hydrogens (primary N) is 2. The Kier molecular flexibility index (Phi) is 4.22. The average Bonchev–Trinajstić information content (AvgIpc) is 2.37. The van der Waals surface area contributed by atoms with Crippen molar-refractivity contribution in [2.24, 2.45) is 16.5 Å². The van der Waals surface area contributed by atoms with Crippen molar-refractivity contribution in [2.75, 3.05) is 11.9 Å². The largest absolute Gasteiger partial charge is 0.423 e. The first kappa shape index (κ1) is 14.6. The molecule has 7 heteroatoms. The zero-order valence-electron chi connectivity index (χ0n) is 11.6. The van der Waals surface area contributed by atoms with Crippen LogP contribution in [-0.4, -0.2) is 18.4 Å². The predicted molar refractivity (Wildman–Crippen MR) is 81.1 cm³/mol. The summed E-state index contributed by atoms with van der Waals surface area (Å²) in [6.07, 6.45) is 0.160. The molecule has 2 rings (SSSR count). The molecule has 0 saturated carbocycles. The van der Waals surface area contributed by atoms with E-state index in [1.807, 2.05) is 6.92 Å². The molecule has 0 unspecified atom stereocenters. The van der Waals surface area contributed by atoms with Gasteiger partial charge in [0.1, 0.15) is 5.58 Å². The molecule has 1 aromatic carbocycles. The van der Waals surface area contributed by atoms with Crippen molar-refractivity contribution in [1.29, 1.82) is 0 Å². The number of nitrogens with one attached hydrogen (secondary N) is 1. The minimum Gasteiger partial charge on any atom is -0.423 e. The molecule has 0 atom stereocenters. The standard InChI is InChI=1S/C14H16N4O3/c1-8-6-13(20)21-11-7-9(2-3-10(8)11)18-12(19)4-5-17-14(15)16/h2-3,6-7H,4-5H2,1H3,(H,18,19)(H4,15,16,17). The highest BCUT2D eigenvalue weighted by Crippen LogP contribution is 2.20. The Hall–Kier alpha value is -2.83. The molecule has 0 aliphatic heterocycles. The molecule has 0 radical (unpaired) electrons. The van der Waals surface area contributed by atoms with Crippen LogP contribution in [0.4, 0.5) is 5.69 Å². The number of rotatable bonds is 4. The van der Waals surface area contributed by atoms with E-state index in [0.29, 0.717) is 11.3 Å². The Morgan fingerprint density at radius 3 is 2.81 bits per heavy atom. The van der Waals surface area contributed by atoms with Gasteiger partial charge in [-0.1, -0.05) is 0 Å². The lowest BCUT2D eigenvalue weighted by atomic mass is 10.1. The summed E-state index contributed by atoms with van der Waals surface area (Å²) < 4.78 is 5.12. The van der Waals surface area contributed by atoms with Gasteiger partial charge in [-0.3, -0.25) is 9.79 Å². The molecular weight excluding hydrogens is 272 g/mol. The van der Waals surface area contributed by atoms with Gasteiger partial charge >= 0.3 is 5.63 Å². The fourth-order valence-corrected chi connectivity index (χ4v) is 1.91. The van der Waals surface area contributed by atoms with Crippen molar-refractivity contribution < 1.29 is 9.21 Å². The number of hydrogen-bond acceptors (Lipinski definition) is 4. The smallest absolute Gasteiger partial charge is 0.336 e. The SMILES string of the molecule is Cc1cc(=O)oc2cc(NC(=O)CCN=C(N)N)ccc12. The maximum atomic E-state index is 11.7. The highest BCUT2D eigenvalue weighted by molar-refractivity contribution is 5.93. The molecule has 110 valence electrons. The summed E-state index contributed by atoms with van der Waals surface area (Å²) in [7, 11) is 0. The van der Waals surface area contributed by atoms with E-state index in [-0.39, 0.29) is 24.8 Å². The summed E-state index contributed by atoms with van der Waals surface area (Å²) in [6, 6.07) is 6.57. The van der Waals surface area contributed by atoms with Crippen molar-refractivity contribution in [3.8, 4) is 0 Å². The number of benzene rings is 1. The number of guanidine groups is 1. The van der Waals surface area contributed by atoms with Crippen molar-refractivity contribution >= 4 is 28.5 Å². The minimum absolute atomic E-state index is 0.0502. The van der Waals surface area contributed by atoms with Gasteiger partial charge in [-0.15, -0.1) is 0 Å². The molecule has 0 fully saturated rings. The lowest BCUT2D eigenvalue weighted by molar-refractivity contribution is -0.116. The van der Waals surface area contributed by atoms with E-state index in [1.54, 1.807) is 18.2 Å². The van der Waals surface area contributed by atoms with Crippen LogP contribution in [0.15, 0.2) is 38.5 Å². The van der Waals surface area contributed by atoms with Gasteiger partial charge in [-0.25, -0.2) is 4.79 Å². The van der Waals surface area contributed by atoms with Gasteiger partial charge in [0, 0.05) is 29.6 Å². The number of amides is 1. The van der Waals surface area contributed by atoms with Crippen LogP contribution in [0.1, 0.15) is 12.0 Å². The zero-order chi connectivity index (χ0) is 15.4. The lowest BCUT2D eigenvalue weighted by Crippen LogP contribution is -2.23. The Morgan fingerprint density at radius 1 is 1.33 bits per heavy atom. The monoisotopic (exact) mass is 288 g/mol. The van der Waals surface area contributed by atoms with E-state index in [1.165, 1.54) is 6.07 Å². The van der Waals surface area contributed by atoms with Gasteiger partial charge in [0.15, 0.2) is 5.96 Å². The molecule has 1 amide bonds. The molecule has 0 bridgehead atoms. The van der Waals surface area contributed by atoms with Crippen LogP contribution in [0.3, 0.4) is 0 Å². The van der Waals surface area contributed by atoms with Crippen LogP contribution in [0.5, 0.6) is 0 Å². The second-order valence-electron chi connectivity index (χ2n) is 4.56. The van der Waals surface area contributed by atoms with Crippen molar-refractivity contribution in [2.45, 2.75) is 13.3 Å². The quantitative estimate of drug-likeness (QED) is 0.434. The fourth-order valence-electron chi connectivity index (χ4n) is 1.91. The number of aliphatic imine (C=N–C) groups is 1. The summed E-state index contributed by atoms with van der Waals surface area (Å²) in [6.45, 7) is 2.04. The van der Waals surface area contributed by atoms with Crippen LogP contribution < -0.4 is 22.4 Å². The number of fused-ring (bicyclic) bond motifs is 1. The first-order chi connectivity index (χ1) is 9.95. The predicted octanol–water partition coefficient (Wildman–Crippen LogP) is 0.703. The van der Waals surface area contributed by atoms with Crippen molar-refractivity contribution in [1.82, 2.24) is 0 Å². The lowest BCUT2D eigenvalue weighted by Gasteiger charge is -2.06. The molecule has 1 heterocycles. The van der Waals surface area contributed by atoms with E-state index in [2.05, 4.69) is 10.3 Å². The molecule has 1 aromatic heterocycles. The van der Waals surface area contributed by atoms with E-state index in [4.69, 9.17) is 15.9 Å².